The summed E-state index contributed by atoms with van der Waals surface area (Å²) in [6.07, 6.45) is 5.66. The highest BCUT2D eigenvalue weighted by molar-refractivity contribution is 5.79. The van der Waals surface area contributed by atoms with Crippen molar-refractivity contribution in [2.45, 2.75) is 38.5 Å². The molecule has 1 aliphatic heterocycles. The topological polar surface area (TPSA) is 71.6 Å². The van der Waals surface area contributed by atoms with Gasteiger partial charge in [0.2, 0.25) is 5.91 Å². The van der Waals surface area contributed by atoms with E-state index >= 15 is 0 Å². The van der Waals surface area contributed by atoms with Gasteiger partial charge in [-0.15, -0.1) is 0 Å². The van der Waals surface area contributed by atoms with Crippen LogP contribution in [0, 0.1) is 0 Å². The zero-order chi connectivity index (χ0) is 23.7. The van der Waals surface area contributed by atoms with Crippen molar-refractivity contribution in [2.75, 3.05) is 13.6 Å². The average molecular weight is 457 g/mol. The molecule has 5 rings (SSSR count). The lowest BCUT2D eigenvalue weighted by atomic mass is 10.00. The maximum Gasteiger partial charge on any atom is 0.420 e. The predicted octanol–water partition coefficient (Wildman–Crippen LogP) is 4.30. The van der Waals surface area contributed by atoms with E-state index in [1.807, 2.05) is 24.4 Å². The van der Waals surface area contributed by atoms with Crippen molar-refractivity contribution in [1.29, 1.82) is 0 Å². The maximum atomic E-state index is 13.1. The standard InChI is InChI=1S/C27H28N4O3/c1-19(29(2)26(32)18-31-24-8-3-4-10-25(24)34-27(31)33)30-16-6-9-23(30)21-13-11-20(12-14-21)22-7-5-15-28-17-22/h3-5,7-8,10-15,17,19,23H,6,9,16,18H2,1-2H3. The largest absolute Gasteiger partial charge is 0.420 e. The quantitative estimate of drug-likeness (QED) is 0.433. The molecule has 1 amide bonds. The molecule has 0 radical (unpaired) electrons. The number of carbonyl (C=O) groups is 1. The van der Waals surface area contributed by atoms with E-state index < -0.39 is 5.76 Å². The molecule has 0 bridgehead atoms. The smallest absolute Gasteiger partial charge is 0.408 e. The Bertz CT molecular complexity index is 1340. The highest BCUT2D eigenvalue weighted by Crippen LogP contribution is 2.35. The summed E-state index contributed by atoms with van der Waals surface area (Å²) in [6, 6.07) is 20.0. The second kappa shape index (κ2) is 9.27. The molecular weight excluding hydrogens is 428 g/mol. The molecule has 0 N–H and O–H groups in total. The minimum absolute atomic E-state index is 0.0466. The fourth-order valence-electron chi connectivity index (χ4n) is 4.87. The zero-order valence-electron chi connectivity index (χ0n) is 19.4. The van der Waals surface area contributed by atoms with Gasteiger partial charge in [-0.1, -0.05) is 42.5 Å². The molecule has 2 aromatic carbocycles. The van der Waals surface area contributed by atoms with Crippen LogP contribution >= 0.6 is 0 Å². The summed E-state index contributed by atoms with van der Waals surface area (Å²) in [4.78, 5) is 33.8. The predicted molar refractivity (Wildman–Crippen MR) is 131 cm³/mol. The molecule has 2 aromatic heterocycles. The highest BCUT2D eigenvalue weighted by Gasteiger charge is 2.33. The number of aromatic nitrogens is 2. The van der Waals surface area contributed by atoms with E-state index in [1.165, 1.54) is 10.1 Å². The zero-order valence-corrected chi connectivity index (χ0v) is 19.4. The molecule has 2 atom stereocenters. The van der Waals surface area contributed by atoms with Crippen molar-refractivity contribution in [3.05, 3.63) is 89.2 Å². The molecule has 0 aliphatic carbocycles. The molecule has 2 unspecified atom stereocenters. The van der Waals surface area contributed by atoms with Crippen molar-refractivity contribution >= 4 is 17.0 Å². The molecule has 174 valence electrons. The molecule has 1 saturated heterocycles. The SMILES string of the molecule is CC(N(C)C(=O)Cn1c(=O)oc2ccccc21)N1CCCC1c1ccc(-c2cccnc2)cc1. The summed E-state index contributed by atoms with van der Waals surface area (Å²) >= 11 is 0. The first-order valence-electron chi connectivity index (χ1n) is 11.6. The van der Waals surface area contributed by atoms with E-state index in [2.05, 4.69) is 47.1 Å². The monoisotopic (exact) mass is 456 g/mol. The van der Waals surface area contributed by atoms with E-state index in [1.54, 1.807) is 30.3 Å². The molecule has 1 fully saturated rings. The number of hydrogen-bond acceptors (Lipinski definition) is 5. The number of nitrogens with zero attached hydrogens (tertiary/aromatic N) is 4. The van der Waals surface area contributed by atoms with Gasteiger partial charge in [-0.3, -0.25) is 19.2 Å². The van der Waals surface area contributed by atoms with Gasteiger partial charge in [0, 0.05) is 32.0 Å². The van der Waals surface area contributed by atoms with Crippen LogP contribution in [0.4, 0.5) is 0 Å². The molecular formula is C27H28N4O3. The Kier molecular flexibility index (Phi) is 6.02. The number of para-hydroxylation sites is 2. The lowest BCUT2D eigenvalue weighted by Crippen LogP contribution is -2.48. The van der Waals surface area contributed by atoms with Crippen LogP contribution in [-0.4, -0.2) is 45.0 Å². The first-order chi connectivity index (χ1) is 16.5. The van der Waals surface area contributed by atoms with Gasteiger partial charge in [-0.2, -0.15) is 0 Å². The summed E-state index contributed by atoms with van der Waals surface area (Å²) in [5.41, 5.74) is 4.60. The van der Waals surface area contributed by atoms with E-state index in [9.17, 15) is 9.59 Å². The molecule has 7 heteroatoms. The van der Waals surface area contributed by atoms with Gasteiger partial charge >= 0.3 is 5.76 Å². The van der Waals surface area contributed by atoms with Gasteiger partial charge in [0.15, 0.2) is 5.58 Å². The Labute approximate surface area is 198 Å². The lowest BCUT2D eigenvalue weighted by Gasteiger charge is -2.37. The van der Waals surface area contributed by atoms with Crippen LogP contribution in [0.15, 0.2) is 82.3 Å². The summed E-state index contributed by atoms with van der Waals surface area (Å²) in [7, 11) is 1.81. The van der Waals surface area contributed by atoms with E-state index in [4.69, 9.17) is 4.42 Å². The normalized spacial score (nSPS) is 17.2. The Hall–Kier alpha value is -3.71. The summed E-state index contributed by atoms with van der Waals surface area (Å²) in [5, 5.41) is 0. The van der Waals surface area contributed by atoms with Crippen molar-refractivity contribution < 1.29 is 9.21 Å². The number of pyridine rings is 1. The van der Waals surface area contributed by atoms with E-state index in [-0.39, 0.29) is 24.7 Å². The Morgan fingerprint density at radius 1 is 1.12 bits per heavy atom. The fraction of sp³-hybridized carbons (Fsp3) is 0.296. The number of oxazole rings is 1. The summed E-state index contributed by atoms with van der Waals surface area (Å²) < 4.78 is 6.68. The van der Waals surface area contributed by atoms with Gasteiger partial charge in [0.25, 0.3) is 0 Å². The third-order valence-corrected chi connectivity index (χ3v) is 6.89. The van der Waals surface area contributed by atoms with Gasteiger partial charge in [0.1, 0.15) is 6.54 Å². The molecule has 4 aromatic rings. The first kappa shape index (κ1) is 22.1. The van der Waals surface area contributed by atoms with Gasteiger partial charge < -0.3 is 9.32 Å². The second-order valence-corrected chi connectivity index (χ2v) is 8.82. The number of fused-ring (bicyclic) bond motifs is 1. The van der Waals surface area contributed by atoms with Gasteiger partial charge in [0.05, 0.1) is 11.7 Å². The van der Waals surface area contributed by atoms with Gasteiger partial charge in [-0.25, -0.2) is 4.79 Å². The average Bonchev–Trinajstić information content (AvgIpc) is 3.48. The van der Waals surface area contributed by atoms with E-state index in [0.29, 0.717) is 11.1 Å². The van der Waals surface area contributed by atoms with Crippen LogP contribution in [0.2, 0.25) is 0 Å². The van der Waals surface area contributed by atoms with Crippen LogP contribution in [0.25, 0.3) is 22.2 Å². The van der Waals surface area contributed by atoms with Crippen molar-refractivity contribution in [3.63, 3.8) is 0 Å². The molecule has 1 aliphatic rings. The number of hydrogen-bond donors (Lipinski definition) is 0. The third-order valence-electron chi connectivity index (χ3n) is 6.89. The Morgan fingerprint density at radius 3 is 2.68 bits per heavy atom. The molecule has 3 heterocycles. The Morgan fingerprint density at radius 2 is 1.91 bits per heavy atom. The number of amides is 1. The van der Waals surface area contributed by atoms with Crippen LogP contribution in [0.5, 0.6) is 0 Å². The number of rotatable bonds is 6. The van der Waals surface area contributed by atoms with Crippen molar-refractivity contribution in [1.82, 2.24) is 19.4 Å². The maximum absolute atomic E-state index is 13.1. The molecule has 0 saturated carbocycles. The van der Waals surface area contributed by atoms with E-state index in [0.717, 1.165) is 30.5 Å². The third kappa shape index (κ3) is 4.15. The fourth-order valence-corrected chi connectivity index (χ4v) is 4.87. The summed E-state index contributed by atoms with van der Waals surface area (Å²) in [5.74, 6) is -0.637. The van der Waals surface area contributed by atoms with Crippen molar-refractivity contribution in [3.8, 4) is 11.1 Å². The minimum atomic E-state index is -0.511. The highest BCUT2D eigenvalue weighted by atomic mass is 16.4. The number of likely N-dealkylation sites (N-methyl/N-ethyl adjacent to an activating group) is 1. The van der Waals surface area contributed by atoms with Crippen LogP contribution in [-0.2, 0) is 11.3 Å². The van der Waals surface area contributed by atoms with Gasteiger partial charge in [-0.05, 0) is 54.7 Å². The number of benzene rings is 2. The summed E-state index contributed by atoms with van der Waals surface area (Å²) in [6.45, 7) is 2.92. The van der Waals surface area contributed by atoms with Crippen molar-refractivity contribution in [2.24, 2.45) is 0 Å². The first-order valence-corrected chi connectivity index (χ1v) is 11.6. The second-order valence-electron chi connectivity index (χ2n) is 8.82. The van der Waals surface area contributed by atoms with Crippen LogP contribution in [0.3, 0.4) is 0 Å². The Balaban J connectivity index is 1.31. The number of likely N-dealkylation sites (tertiary alicyclic amines) is 1. The molecule has 7 nitrogen and oxygen atoms in total. The number of carbonyl (C=O) groups excluding carboxylic acids is 1. The lowest BCUT2D eigenvalue weighted by molar-refractivity contribution is -0.136. The van der Waals surface area contributed by atoms with Crippen LogP contribution in [0.1, 0.15) is 31.4 Å². The molecule has 0 spiro atoms. The minimum Gasteiger partial charge on any atom is -0.408 e. The molecule has 34 heavy (non-hydrogen) atoms. The van der Waals surface area contributed by atoms with Crippen LogP contribution < -0.4 is 5.76 Å².